The third-order valence-corrected chi connectivity index (χ3v) is 6.93. The Bertz CT molecular complexity index is 682. The van der Waals surface area contributed by atoms with Gasteiger partial charge in [-0.05, 0) is 86.0 Å². The van der Waals surface area contributed by atoms with Crippen LogP contribution in [0.1, 0.15) is 98.5 Å². The van der Waals surface area contributed by atoms with Gasteiger partial charge in [0, 0.05) is 5.92 Å². The molecule has 2 aliphatic rings. The lowest BCUT2D eigenvalue weighted by Gasteiger charge is -2.41. The van der Waals surface area contributed by atoms with E-state index in [4.69, 9.17) is 0 Å². The highest BCUT2D eigenvalue weighted by Gasteiger charge is 2.37. The van der Waals surface area contributed by atoms with Gasteiger partial charge >= 0.3 is 5.97 Å². The summed E-state index contributed by atoms with van der Waals surface area (Å²) in [4.78, 5) is 11.4. The summed E-state index contributed by atoms with van der Waals surface area (Å²) in [7, 11) is 0. The highest BCUT2D eigenvalue weighted by Crippen LogP contribution is 2.48. The van der Waals surface area contributed by atoms with E-state index in [9.17, 15) is 15.2 Å². The maximum atomic E-state index is 11.4. The molecule has 3 heteroatoms. The second-order valence-electron chi connectivity index (χ2n) is 8.63. The molecule has 3 rings (SSSR count). The molecule has 0 heterocycles. The first-order valence-electron chi connectivity index (χ1n) is 10.9. The molecular formula is C24H33NO2. The van der Waals surface area contributed by atoms with Gasteiger partial charge in [-0.15, -0.1) is 0 Å². The number of carboxylic acid groups (broad SMARTS) is 1. The number of unbranched alkanes of at least 4 members (excludes halogenated alkanes) is 3. The highest BCUT2D eigenvalue weighted by molar-refractivity contribution is 5.88. The zero-order valence-corrected chi connectivity index (χ0v) is 16.6. The molecule has 2 atom stereocenters. The summed E-state index contributed by atoms with van der Waals surface area (Å²) in [5, 5.41) is 18.6. The minimum absolute atomic E-state index is 0.238. The van der Waals surface area contributed by atoms with Crippen LogP contribution < -0.4 is 0 Å². The molecule has 0 aromatic heterocycles. The van der Waals surface area contributed by atoms with Crippen molar-refractivity contribution < 1.29 is 9.90 Å². The Morgan fingerprint density at radius 1 is 1.15 bits per heavy atom. The molecule has 2 unspecified atom stereocenters. The second-order valence-corrected chi connectivity index (χ2v) is 8.63. The van der Waals surface area contributed by atoms with Gasteiger partial charge in [-0.3, -0.25) is 0 Å². The molecule has 0 aliphatic heterocycles. The van der Waals surface area contributed by atoms with Crippen molar-refractivity contribution >= 4 is 5.97 Å². The monoisotopic (exact) mass is 367 g/mol. The standard InChI is InChI=1S/C24H33NO2/c1-2-3-4-5-6-18-11-12-20-15-21(24(26)27)13-14-22(20)23(18)19-9-7-17(16-25)8-10-19/h13-15,17-19,23H,2-12H2,1H3,(H,26,27)/t17-,18?,19-,23?. The summed E-state index contributed by atoms with van der Waals surface area (Å²) in [5.41, 5.74) is 3.08. The smallest absolute Gasteiger partial charge is 0.335 e. The lowest BCUT2D eigenvalue weighted by molar-refractivity contribution is 0.0696. The molecule has 3 nitrogen and oxygen atoms in total. The van der Waals surface area contributed by atoms with Crippen LogP contribution in [0.5, 0.6) is 0 Å². The van der Waals surface area contributed by atoms with E-state index in [0.29, 0.717) is 23.3 Å². The van der Waals surface area contributed by atoms with E-state index in [-0.39, 0.29) is 5.92 Å². The number of rotatable bonds is 7. The Kier molecular flexibility index (Phi) is 6.94. The number of aromatic carboxylic acids is 1. The summed E-state index contributed by atoms with van der Waals surface area (Å²) in [6.07, 6.45) is 13.1. The lowest BCUT2D eigenvalue weighted by atomic mass is 9.63. The Hall–Kier alpha value is -1.82. The average Bonchev–Trinajstić information content (AvgIpc) is 2.70. The zero-order chi connectivity index (χ0) is 19.2. The van der Waals surface area contributed by atoms with Crippen molar-refractivity contribution in [2.75, 3.05) is 0 Å². The largest absolute Gasteiger partial charge is 0.478 e. The molecule has 2 aliphatic carbocycles. The first-order chi connectivity index (χ1) is 13.1. The maximum absolute atomic E-state index is 11.4. The van der Waals surface area contributed by atoms with Crippen molar-refractivity contribution in [2.45, 2.75) is 83.5 Å². The van der Waals surface area contributed by atoms with Gasteiger partial charge in [-0.2, -0.15) is 5.26 Å². The summed E-state index contributed by atoms with van der Waals surface area (Å²) in [6.45, 7) is 2.26. The predicted molar refractivity (Wildman–Crippen MR) is 108 cm³/mol. The van der Waals surface area contributed by atoms with Crippen LogP contribution in [0.25, 0.3) is 0 Å². The molecule has 1 aromatic rings. The quantitative estimate of drug-likeness (QED) is 0.573. The van der Waals surface area contributed by atoms with Crippen LogP contribution in [0, 0.1) is 29.1 Å². The van der Waals surface area contributed by atoms with Crippen molar-refractivity contribution in [1.82, 2.24) is 0 Å². The molecule has 146 valence electrons. The number of hydrogen-bond donors (Lipinski definition) is 1. The Balaban J connectivity index is 1.81. The molecule has 0 spiro atoms. The lowest BCUT2D eigenvalue weighted by Crippen LogP contribution is -2.30. The summed E-state index contributed by atoms with van der Waals surface area (Å²) >= 11 is 0. The first-order valence-corrected chi connectivity index (χ1v) is 10.9. The van der Waals surface area contributed by atoms with E-state index in [1.54, 1.807) is 6.07 Å². The van der Waals surface area contributed by atoms with Crippen LogP contribution in [0.15, 0.2) is 18.2 Å². The Labute approximate surface area is 163 Å². The number of carbonyl (C=O) groups is 1. The summed E-state index contributed by atoms with van der Waals surface area (Å²) < 4.78 is 0. The van der Waals surface area contributed by atoms with Crippen LogP contribution in [-0.4, -0.2) is 11.1 Å². The summed E-state index contributed by atoms with van der Waals surface area (Å²) in [5.74, 6) is 1.33. The third kappa shape index (κ3) is 4.72. The van der Waals surface area contributed by atoms with Crippen LogP contribution in [0.3, 0.4) is 0 Å². The SMILES string of the molecule is CCCCCCC1CCc2cc(C(=O)O)ccc2C1[C@H]1CC[C@H](C#N)CC1. The normalized spacial score (nSPS) is 27.6. The topological polar surface area (TPSA) is 61.1 Å². The highest BCUT2D eigenvalue weighted by atomic mass is 16.4. The zero-order valence-electron chi connectivity index (χ0n) is 16.6. The van der Waals surface area contributed by atoms with E-state index < -0.39 is 5.97 Å². The molecule has 27 heavy (non-hydrogen) atoms. The van der Waals surface area contributed by atoms with Crippen molar-refractivity contribution in [3.8, 4) is 6.07 Å². The first kappa shape index (κ1) is 19.9. The molecule has 0 amide bonds. The fourth-order valence-electron chi connectivity index (χ4n) is 5.46. The van der Waals surface area contributed by atoms with E-state index in [2.05, 4.69) is 19.1 Å². The third-order valence-electron chi connectivity index (χ3n) is 6.93. The number of carboxylic acids is 1. The molecule has 0 radical (unpaired) electrons. The average molecular weight is 368 g/mol. The number of benzene rings is 1. The number of hydrogen-bond acceptors (Lipinski definition) is 2. The fourth-order valence-corrected chi connectivity index (χ4v) is 5.46. The Morgan fingerprint density at radius 2 is 1.93 bits per heavy atom. The fraction of sp³-hybridized carbons (Fsp3) is 0.667. The number of nitrogens with zero attached hydrogens (tertiary/aromatic N) is 1. The molecule has 0 bridgehead atoms. The van der Waals surface area contributed by atoms with Crippen molar-refractivity contribution in [3.05, 3.63) is 34.9 Å². The van der Waals surface area contributed by atoms with E-state index in [0.717, 1.165) is 32.1 Å². The van der Waals surface area contributed by atoms with Gasteiger partial charge in [-0.1, -0.05) is 38.7 Å². The molecule has 1 N–H and O–H groups in total. The maximum Gasteiger partial charge on any atom is 0.335 e. The van der Waals surface area contributed by atoms with Gasteiger partial charge < -0.3 is 5.11 Å². The molecule has 1 fully saturated rings. The van der Waals surface area contributed by atoms with E-state index >= 15 is 0 Å². The van der Waals surface area contributed by atoms with Crippen molar-refractivity contribution in [2.24, 2.45) is 17.8 Å². The minimum atomic E-state index is -0.828. The van der Waals surface area contributed by atoms with Crippen molar-refractivity contribution in [1.29, 1.82) is 5.26 Å². The van der Waals surface area contributed by atoms with Gasteiger partial charge in [0.15, 0.2) is 0 Å². The Morgan fingerprint density at radius 3 is 2.59 bits per heavy atom. The molecule has 0 saturated heterocycles. The van der Waals surface area contributed by atoms with Crippen LogP contribution in [0.2, 0.25) is 0 Å². The van der Waals surface area contributed by atoms with Crippen LogP contribution in [-0.2, 0) is 6.42 Å². The van der Waals surface area contributed by atoms with Gasteiger partial charge in [0.25, 0.3) is 0 Å². The number of fused-ring (bicyclic) bond motifs is 1. The van der Waals surface area contributed by atoms with Crippen LogP contribution >= 0.6 is 0 Å². The van der Waals surface area contributed by atoms with Gasteiger partial charge in [0.2, 0.25) is 0 Å². The van der Waals surface area contributed by atoms with Gasteiger partial charge in [0.05, 0.1) is 11.6 Å². The van der Waals surface area contributed by atoms with E-state index in [1.807, 2.05) is 6.07 Å². The minimum Gasteiger partial charge on any atom is -0.478 e. The molecule has 1 aromatic carbocycles. The number of aryl methyl sites for hydroxylation is 1. The summed E-state index contributed by atoms with van der Waals surface area (Å²) in [6, 6.07) is 8.29. The van der Waals surface area contributed by atoms with Crippen molar-refractivity contribution in [3.63, 3.8) is 0 Å². The van der Waals surface area contributed by atoms with Crippen LogP contribution in [0.4, 0.5) is 0 Å². The molecular weight excluding hydrogens is 334 g/mol. The second kappa shape index (κ2) is 9.40. The van der Waals surface area contributed by atoms with Gasteiger partial charge in [0.1, 0.15) is 0 Å². The predicted octanol–water partition coefficient (Wildman–Crippen LogP) is 6.33. The van der Waals surface area contributed by atoms with Gasteiger partial charge in [-0.25, -0.2) is 4.79 Å². The van der Waals surface area contributed by atoms with E-state index in [1.165, 1.54) is 49.7 Å². The molecule has 1 saturated carbocycles. The number of nitriles is 1.